The van der Waals surface area contributed by atoms with Gasteiger partial charge in [0.25, 0.3) is 0 Å². The molecule has 0 aliphatic carbocycles. The van der Waals surface area contributed by atoms with Crippen LogP contribution in [0.1, 0.15) is 0 Å². The number of aliphatic hydroxyl groups excluding tert-OH is 1. The molecule has 0 aliphatic rings. The molecule has 0 aromatic heterocycles. The summed E-state index contributed by atoms with van der Waals surface area (Å²) in [4.78, 5) is 2.68. The zero-order valence-electron chi connectivity index (χ0n) is 8.42. The van der Waals surface area contributed by atoms with Crippen LogP contribution < -0.4 is 10.6 Å². The lowest BCUT2D eigenvalue weighted by molar-refractivity contribution is 0.398. The lowest BCUT2D eigenvalue weighted by atomic mass is 10.3. The molecule has 0 fully saturated rings. The highest BCUT2D eigenvalue weighted by Gasteiger charge is 2.01. The van der Waals surface area contributed by atoms with E-state index in [0.717, 1.165) is 11.9 Å². The second-order valence-corrected chi connectivity index (χ2v) is 3.32. The minimum absolute atomic E-state index is 0.0999. The Bertz CT molecular complexity index is 424. The van der Waals surface area contributed by atoms with E-state index in [1.54, 1.807) is 0 Å². The van der Waals surface area contributed by atoms with Crippen molar-refractivity contribution in [2.75, 3.05) is 11.9 Å². The van der Waals surface area contributed by atoms with Crippen LogP contribution in [0.3, 0.4) is 0 Å². The van der Waals surface area contributed by atoms with Crippen molar-refractivity contribution in [1.29, 1.82) is 5.39 Å². The molecule has 0 bridgehead atoms. The first-order chi connectivity index (χ1) is 7.72. The molecule has 0 unspecified atom stereocenters. The number of thiocarbonyl (C=S) groups is 1. The van der Waals surface area contributed by atoms with Crippen molar-refractivity contribution in [3.05, 3.63) is 47.3 Å². The second-order valence-electron chi connectivity index (χ2n) is 2.91. The Kier molecular flexibility index (Phi) is 4.76. The first-order valence-electron chi connectivity index (χ1n) is 4.54. The molecule has 6 heteroatoms. The van der Waals surface area contributed by atoms with Gasteiger partial charge in [-0.3, -0.25) is 0 Å². The Morgan fingerprint density at radius 3 is 2.75 bits per heavy atom. The van der Waals surface area contributed by atoms with Gasteiger partial charge in [0, 0.05) is 5.69 Å². The molecule has 0 spiro atoms. The number of hydrogen-bond donors (Lipinski definition) is 3. The maximum Gasteiger partial charge on any atom is 0.389 e. The molecule has 0 amide bonds. The Morgan fingerprint density at radius 1 is 1.44 bits per heavy atom. The number of anilines is 1. The van der Waals surface area contributed by atoms with Crippen LogP contribution in [-0.2, 0) is 0 Å². The molecule has 0 saturated carbocycles. The summed E-state index contributed by atoms with van der Waals surface area (Å²) in [6.07, 6.45) is 0.929. The van der Waals surface area contributed by atoms with Gasteiger partial charge in [0.2, 0.25) is 5.39 Å². The summed E-state index contributed by atoms with van der Waals surface area (Å²) in [6.45, 7) is 0.0999. The number of nitrogens with one attached hydrogen (secondary N) is 2. The van der Waals surface area contributed by atoms with Gasteiger partial charge in [-0.1, -0.05) is 18.2 Å². The summed E-state index contributed by atoms with van der Waals surface area (Å²) >= 11 is 4.98. The van der Waals surface area contributed by atoms with Crippen LogP contribution in [0.2, 0.25) is 0 Å². The average Bonchev–Trinajstić information content (AvgIpc) is 2.28. The zero-order valence-corrected chi connectivity index (χ0v) is 9.24. The monoisotopic (exact) mass is 235 g/mol. The maximum atomic E-state index is 9.12. The van der Waals surface area contributed by atoms with Crippen LogP contribution in [0.25, 0.3) is 4.98 Å². The van der Waals surface area contributed by atoms with E-state index >= 15 is 0 Å². The van der Waals surface area contributed by atoms with E-state index in [9.17, 15) is 0 Å². The molecule has 16 heavy (non-hydrogen) atoms. The van der Waals surface area contributed by atoms with Crippen molar-refractivity contribution in [2.45, 2.75) is 0 Å². The van der Waals surface area contributed by atoms with Crippen molar-refractivity contribution in [2.24, 2.45) is 0 Å². The van der Waals surface area contributed by atoms with Gasteiger partial charge in [-0.15, -0.1) is 0 Å². The fraction of sp³-hybridized carbons (Fsp3) is 0.100. The molecule has 0 radical (unpaired) electrons. The van der Waals surface area contributed by atoms with E-state index in [1.807, 2.05) is 30.3 Å². The van der Waals surface area contributed by atoms with Crippen molar-refractivity contribution in [3.8, 4) is 0 Å². The van der Waals surface area contributed by atoms with Gasteiger partial charge in [0.15, 0.2) is 15.8 Å². The third kappa shape index (κ3) is 4.39. The van der Waals surface area contributed by atoms with Crippen molar-refractivity contribution in [3.63, 3.8) is 0 Å². The van der Waals surface area contributed by atoms with Crippen LogP contribution in [0, 0.1) is 5.39 Å². The molecular formula is C10H11N4OS+. The first-order valence-corrected chi connectivity index (χ1v) is 4.95. The summed E-state index contributed by atoms with van der Waals surface area (Å²) in [5, 5.41) is 23.3. The van der Waals surface area contributed by atoms with Gasteiger partial charge in [-0.2, -0.15) is 0 Å². The van der Waals surface area contributed by atoms with Gasteiger partial charge in [0.05, 0.1) is 6.54 Å². The minimum Gasteiger partial charge on any atom is -0.504 e. The summed E-state index contributed by atoms with van der Waals surface area (Å²) in [5.41, 5.74) is 0.857. The average molecular weight is 235 g/mol. The maximum absolute atomic E-state index is 9.12. The fourth-order valence-corrected chi connectivity index (χ4v) is 1.17. The molecule has 3 N–H and O–H groups in total. The number of diazo groups is 1. The number of para-hydroxylation sites is 1. The van der Waals surface area contributed by atoms with Crippen molar-refractivity contribution in [1.82, 2.24) is 5.32 Å². The Labute approximate surface area is 98.4 Å². The van der Waals surface area contributed by atoms with E-state index in [-0.39, 0.29) is 12.3 Å². The minimum atomic E-state index is -0.111. The SMILES string of the molecule is N#[N+]C=C(O)CNC(=S)Nc1ccccc1. The number of nitrogens with zero attached hydrogens (tertiary/aromatic N) is 2. The van der Waals surface area contributed by atoms with Gasteiger partial charge in [0.1, 0.15) is 0 Å². The third-order valence-electron chi connectivity index (χ3n) is 1.67. The quantitative estimate of drug-likeness (QED) is 0.425. The fourth-order valence-electron chi connectivity index (χ4n) is 0.980. The van der Waals surface area contributed by atoms with E-state index in [2.05, 4.69) is 15.6 Å². The third-order valence-corrected chi connectivity index (χ3v) is 1.91. The molecular weight excluding hydrogens is 224 g/mol. The molecule has 0 heterocycles. The topological polar surface area (TPSA) is 72.4 Å². The van der Waals surface area contributed by atoms with Crippen LogP contribution in [-0.4, -0.2) is 16.8 Å². The molecule has 0 atom stereocenters. The lowest BCUT2D eigenvalue weighted by Crippen LogP contribution is -2.30. The second kappa shape index (κ2) is 6.37. The summed E-state index contributed by atoms with van der Waals surface area (Å²) in [7, 11) is 0. The molecule has 0 aliphatic heterocycles. The highest BCUT2D eigenvalue weighted by atomic mass is 32.1. The highest BCUT2D eigenvalue weighted by molar-refractivity contribution is 7.80. The molecule has 0 saturated heterocycles. The van der Waals surface area contributed by atoms with Crippen LogP contribution >= 0.6 is 12.2 Å². The summed E-state index contributed by atoms with van der Waals surface area (Å²) in [5.74, 6) is -0.111. The summed E-state index contributed by atoms with van der Waals surface area (Å²) < 4.78 is 0. The predicted molar refractivity (Wildman–Crippen MR) is 66.5 cm³/mol. The van der Waals surface area contributed by atoms with Crippen molar-refractivity contribution < 1.29 is 5.11 Å². The van der Waals surface area contributed by atoms with Crippen LogP contribution in [0.4, 0.5) is 5.69 Å². The summed E-state index contributed by atoms with van der Waals surface area (Å²) in [6, 6.07) is 9.40. The predicted octanol–water partition coefficient (Wildman–Crippen LogP) is 2.23. The van der Waals surface area contributed by atoms with Crippen LogP contribution in [0.5, 0.6) is 0 Å². The van der Waals surface area contributed by atoms with Gasteiger partial charge in [-0.05, 0) is 24.4 Å². The molecule has 1 aromatic rings. The number of rotatable bonds is 3. The lowest BCUT2D eigenvalue weighted by Gasteiger charge is -2.08. The normalized spacial score (nSPS) is 10.3. The Hall–Kier alpha value is -2.13. The molecule has 1 aromatic carbocycles. The number of hydrogen-bond acceptors (Lipinski definition) is 3. The smallest absolute Gasteiger partial charge is 0.389 e. The molecule has 82 valence electrons. The molecule has 5 nitrogen and oxygen atoms in total. The van der Waals surface area contributed by atoms with Gasteiger partial charge < -0.3 is 15.7 Å². The molecule has 1 rings (SSSR count). The standard InChI is InChI=1S/C10H10N4OS/c11-13-7-9(15)6-12-10(16)14-8-4-2-1-3-5-8/h1-5,7H,6H2,(H2-,12,14,15,16)/p+1. The van der Waals surface area contributed by atoms with E-state index < -0.39 is 0 Å². The van der Waals surface area contributed by atoms with Gasteiger partial charge in [-0.25, -0.2) is 0 Å². The Morgan fingerprint density at radius 2 is 2.12 bits per heavy atom. The van der Waals surface area contributed by atoms with E-state index in [4.69, 9.17) is 22.7 Å². The van der Waals surface area contributed by atoms with Crippen LogP contribution in [0.15, 0.2) is 42.3 Å². The van der Waals surface area contributed by atoms with Gasteiger partial charge >= 0.3 is 6.20 Å². The van der Waals surface area contributed by atoms with Crippen molar-refractivity contribution >= 4 is 23.0 Å². The number of benzene rings is 1. The zero-order chi connectivity index (χ0) is 11.8. The van der Waals surface area contributed by atoms with E-state index in [1.165, 1.54) is 0 Å². The highest BCUT2D eigenvalue weighted by Crippen LogP contribution is 2.04. The Balaban J connectivity index is 2.38. The number of aliphatic hydroxyl groups is 1. The van der Waals surface area contributed by atoms with E-state index in [0.29, 0.717) is 5.11 Å². The largest absolute Gasteiger partial charge is 0.504 e. The first kappa shape index (κ1) is 11.9.